The molecule has 126 valence electrons. The van der Waals surface area contributed by atoms with Crippen LogP contribution >= 0.6 is 0 Å². The van der Waals surface area contributed by atoms with Gasteiger partial charge in [-0.25, -0.2) is 4.79 Å². The lowest BCUT2D eigenvalue weighted by atomic mass is 9.97. The molecule has 0 bridgehead atoms. The van der Waals surface area contributed by atoms with Crippen LogP contribution in [0.4, 0.5) is 5.69 Å². The third-order valence-electron chi connectivity index (χ3n) is 5.15. The predicted octanol–water partition coefficient (Wildman–Crippen LogP) is 4.75. The summed E-state index contributed by atoms with van der Waals surface area (Å²) in [6, 6.07) is 15.9. The Morgan fingerprint density at radius 3 is 2.60 bits per heavy atom. The highest BCUT2D eigenvalue weighted by atomic mass is 16.5. The summed E-state index contributed by atoms with van der Waals surface area (Å²) in [5.41, 5.74) is 11.8. The van der Waals surface area contributed by atoms with E-state index in [0.29, 0.717) is 11.3 Å². The van der Waals surface area contributed by atoms with Gasteiger partial charge in [0.25, 0.3) is 0 Å². The van der Waals surface area contributed by atoms with Crippen LogP contribution in [-0.2, 0) is 17.6 Å². The summed E-state index contributed by atoms with van der Waals surface area (Å²) in [6.07, 6.45) is 1.86. The molecule has 0 saturated carbocycles. The van der Waals surface area contributed by atoms with E-state index in [2.05, 4.69) is 30.3 Å². The highest BCUT2D eigenvalue weighted by molar-refractivity contribution is 5.94. The minimum absolute atomic E-state index is 0.320. The Labute approximate surface area is 147 Å². The van der Waals surface area contributed by atoms with Crippen LogP contribution in [0.15, 0.2) is 48.5 Å². The highest BCUT2D eigenvalue weighted by Gasteiger charge is 2.20. The van der Waals surface area contributed by atoms with Crippen molar-refractivity contribution in [1.29, 1.82) is 0 Å². The van der Waals surface area contributed by atoms with Gasteiger partial charge in [-0.1, -0.05) is 36.4 Å². The molecule has 1 unspecified atom stereocenters. The largest absolute Gasteiger partial charge is 0.454 e. The van der Waals surface area contributed by atoms with Crippen molar-refractivity contribution in [3.63, 3.8) is 0 Å². The number of nitrogens with two attached hydrogens (primary N) is 1. The standard InChI is InChI=1S/C22H21NO2/c1-13-6-7-17(12-20(13)23)22(24)25-14(2)18-11-10-16-9-8-15-4-3-5-19(18)21(15)16/h3-7,10-12,14H,8-9,23H2,1-2H3. The van der Waals surface area contributed by atoms with Crippen molar-refractivity contribution in [3.05, 3.63) is 76.3 Å². The number of hydrogen-bond donors (Lipinski definition) is 1. The van der Waals surface area contributed by atoms with E-state index in [1.807, 2.05) is 19.9 Å². The lowest BCUT2D eigenvalue weighted by Gasteiger charge is -2.17. The Balaban J connectivity index is 1.66. The van der Waals surface area contributed by atoms with Crippen LogP contribution in [0.3, 0.4) is 0 Å². The Kier molecular flexibility index (Phi) is 3.72. The maximum absolute atomic E-state index is 12.5. The van der Waals surface area contributed by atoms with E-state index in [1.165, 1.54) is 21.9 Å². The maximum atomic E-state index is 12.5. The van der Waals surface area contributed by atoms with Gasteiger partial charge in [0.1, 0.15) is 6.10 Å². The predicted molar refractivity (Wildman–Crippen MR) is 101 cm³/mol. The van der Waals surface area contributed by atoms with Gasteiger partial charge < -0.3 is 10.5 Å². The zero-order chi connectivity index (χ0) is 17.6. The van der Waals surface area contributed by atoms with E-state index in [-0.39, 0.29) is 12.1 Å². The van der Waals surface area contributed by atoms with Gasteiger partial charge in [-0.15, -0.1) is 0 Å². The van der Waals surface area contributed by atoms with E-state index in [1.54, 1.807) is 12.1 Å². The molecule has 0 spiro atoms. The molecule has 3 aromatic rings. The normalized spacial score (nSPS) is 13.8. The number of esters is 1. The van der Waals surface area contributed by atoms with Crippen molar-refractivity contribution in [2.75, 3.05) is 5.73 Å². The molecule has 3 heteroatoms. The average molecular weight is 331 g/mol. The number of carbonyl (C=O) groups is 1. The molecular weight excluding hydrogens is 310 g/mol. The minimum Gasteiger partial charge on any atom is -0.454 e. The lowest BCUT2D eigenvalue weighted by molar-refractivity contribution is 0.0341. The Morgan fingerprint density at radius 1 is 1.08 bits per heavy atom. The summed E-state index contributed by atoms with van der Waals surface area (Å²) in [6.45, 7) is 3.84. The third kappa shape index (κ3) is 2.66. The van der Waals surface area contributed by atoms with Crippen LogP contribution in [0.5, 0.6) is 0 Å². The molecule has 3 aromatic carbocycles. The summed E-state index contributed by atoms with van der Waals surface area (Å²) in [5, 5.41) is 2.53. The second-order valence-corrected chi connectivity index (χ2v) is 6.77. The molecular formula is C22H21NO2. The molecule has 3 nitrogen and oxygen atoms in total. The zero-order valence-electron chi connectivity index (χ0n) is 14.5. The Morgan fingerprint density at radius 2 is 1.84 bits per heavy atom. The number of benzene rings is 3. The van der Waals surface area contributed by atoms with Gasteiger partial charge in [-0.2, -0.15) is 0 Å². The van der Waals surface area contributed by atoms with Crippen molar-refractivity contribution in [2.24, 2.45) is 0 Å². The van der Waals surface area contributed by atoms with Crippen molar-refractivity contribution < 1.29 is 9.53 Å². The van der Waals surface area contributed by atoms with Gasteiger partial charge in [0.2, 0.25) is 0 Å². The fourth-order valence-electron chi connectivity index (χ4n) is 3.68. The van der Waals surface area contributed by atoms with Crippen LogP contribution < -0.4 is 5.73 Å². The first-order chi connectivity index (χ1) is 12.0. The van der Waals surface area contributed by atoms with E-state index < -0.39 is 0 Å². The Bertz CT molecular complexity index is 980. The summed E-state index contributed by atoms with van der Waals surface area (Å²) in [7, 11) is 0. The third-order valence-corrected chi connectivity index (χ3v) is 5.15. The summed E-state index contributed by atoms with van der Waals surface area (Å²) >= 11 is 0. The summed E-state index contributed by atoms with van der Waals surface area (Å²) < 4.78 is 5.73. The second kappa shape index (κ2) is 5.92. The van der Waals surface area contributed by atoms with Crippen molar-refractivity contribution in [2.45, 2.75) is 32.8 Å². The number of aryl methyl sites for hydroxylation is 3. The fourth-order valence-corrected chi connectivity index (χ4v) is 3.68. The first-order valence-corrected chi connectivity index (χ1v) is 8.65. The van der Waals surface area contributed by atoms with Gasteiger partial charge in [0, 0.05) is 11.3 Å². The molecule has 1 atom stereocenters. The molecule has 0 amide bonds. The van der Waals surface area contributed by atoms with Gasteiger partial charge >= 0.3 is 5.97 Å². The van der Waals surface area contributed by atoms with Gasteiger partial charge in [-0.3, -0.25) is 0 Å². The molecule has 0 aromatic heterocycles. The summed E-state index contributed by atoms with van der Waals surface area (Å²) in [4.78, 5) is 12.5. The number of carbonyl (C=O) groups excluding carboxylic acids is 1. The zero-order valence-corrected chi connectivity index (χ0v) is 14.5. The van der Waals surface area contributed by atoms with Gasteiger partial charge in [-0.05, 0) is 66.3 Å². The molecule has 2 N–H and O–H groups in total. The van der Waals surface area contributed by atoms with Crippen LogP contribution in [0.1, 0.15) is 45.6 Å². The van der Waals surface area contributed by atoms with Crippen LogP contribution in [0.2, 0.25) is 0 Å². The first-order valence-electron chi connectivity index (χ1n) is 8.65. The van der Waals surface area contributed by atoms with E-state index in [9.17, 15) is 4.79 Å². The quantitative estimate of drug-likeness (QED) is 0.557. The van der Waals surface area contributed by atoms with Crippen LogP contribution in [0.25, 0.3) is 10.8 Å². The van der Waals surface area contributed by atoms with E-state index in [4.69, 9.17) is 10.5 Å². The molecule has 1 aliphatic rings. The molecule has 0 saturated heterocycles. The number of hydrogen-bond acceptors (Lipinski definition) is 3. The molecule has 25 heavy (non-hydrogen) atoms. The topological polar surface area (TPSA) is 52.3 Å². The van der Waals surface area contributed by atoms with Crippen molar-refractivity contribution >= 4 is 22.4 Å². The van der Waals surface area contributed by atoms with Gasteiger partial charge in [0.15, 0.2) is 0 Å². The fraction of sp³-hybridized carbons (Fsp3) is 0.227. The van der Waals surface area contributed by atoms with Crippen molar-refractivity contribution in [3.8, 4) is 0 Å². The highest BCUT2D eigenvalue weighted by Crippen LogP contribution is 2.36. The second-order valence-electron chi connectivity index (χ2n) is 6.77. The molecule has 0 radical (unpaired) electrons. The maximum Gasteiger partial charge on any atom is 0.338 e. The number of anilines is 1. The monoisotopic (exact) mass is 331 g/mol. The molecule has 1 aliphatic carbocycles. The number of ether oxygens (including phenoxy) is 1. The van der Waals surface area contributed by atoms with Crippen LogP contribution in [0, 0.1) is 6.92 Å². The Hall–Kier alpha value is -2.81. The number of nitrogen functional groups attached to an aromatic ring is 1. The smallest absolute Gasteiger partial charge is 0.338 e. The number of rotatable bonds is 3. The molecule has 0 aliphatic heterocycles. The molecule has 0 fully saturated rings. The first kappa shape index (κ1) is 15.7. The lowest BCUT2D eigenvalue weighted by Crippen LogP contribution is -2.10. The molecule has 0 heterocycles. The minimum atomic E-state index is -0.345. The van der Waals surface area contributed by atoms with Crippen LogP contribution in [-0.4, -0.2) is 5.97 Å². The SMILES string of the molecule is Cc1ccc(C(=O)OC(C)c2ccc3c4c(cccc24)CC3)cc1N. The van der Waals surface area contributed by atoms with Crippen molar-refractivity contribution in [1.82, 2.24) is 0 Å². The van der Waals surface area contributed by atoms with E-state index in [0.717, 1.165) is 24.0 Å². The summed E-state index contributed by atoms with van der Waals surface area (Å²) in [5.74, 6) is -0.345. The van der Waals surface area contributed by atoms with E-state index >= 15 is 0 Å². The van der Waals surface area contributed by atoms with Gasteiger partial charge in [0.05, 0.1) is 5.56 Å². The molecule has 4 rings (SSSR count). The average Bonchev–Trinajstić information content (AvgIpc) is 3.02.